The van der Waals surface area contributed by atoms with Crippen LogP contribution in [0, 0.1) is 6.92 Å². The lowest BCUT2D eigenvalue weighted by Gasteiger charge is -2.22. The number of aromatic nitrogens is 4. The summed E-state index contributed by atoms with van der Waals surface area (Å²) in [4.78, 5) is 16.2. The normalized spacial score (nSPS) is 15.1. The summed E-state index contributed by atoms with van der Waals surface area (Å²) >= 11 is 0. The predicted molar refractivity (Wildman–Crippen MR) is 77.4 cm³/mol. The van der Waals surface area contributed by atoms with Gasteiger partial charge in [-0.1, -0.05) is 5.16 Å². The van der Waals surface area contributed by atoms with Gasteiger partial charge in [0.2, 0.25) is 11.7 Å². The van der Waals surface area contributed by atoms with Crippen LogP contribution in [-0.4, -0.2) is 25.9 Å². The molecule has 1 aliphatic carbocycles. The van der Waals surface area contributed by atoms with Gasteiger partial charge in [0.1, 0.15) is 0 Å². The van der Waals surface area contributed by atoms with Crippen molar-refractivity contribution in [2.45, 2.75) is 58.6 Å². The van der Waals surface area contributed by atoms with E-state index in [4.69, 9.17) is 9.26 Å². The number of aryl methyl sites for hydroxylation is 1. The number of hydrogen-bond acceptors (Lipinski definition) is 6. The Bertz CT molecular complexity index is 692. The summed E-state index contributed by atoms with van der Waals surface area (Å²) in [5.41, 5.74) is 1.27. The molecule has 3 rings (SSSR count). The van der Waals surface area contributed by atoms with Crippen molar-refractivity contribution in [3.8, 4) is 0 Å². The van der Waals surface area contributed by atoms with E-state index < -0.39 is 5.97 Å². The highest BCUT2D eigenvalue weighted by molar-refractivity contribution is 5.87. The molecule has 0 spiro atoms. The zero-order valence-corrected chi connectivity index (χ0v) is 13.3. The first kappa shape index (κ1) is 14.7. The highest BCUT2D eigenvalue weighted by Gasteiger charge is 2.32. The van der Waals surface area contributed by atoms with Gasteiger partial charge in [-0.05, 0) is 39.7 Å². The summed E-state index contributed by atoms with van der Waals surface area (Å²) in [6.45, 7) is 7.89. The van der Waals surface area contributed by atoms with Gasteiger partial charge >= 0.3 is 5.97 Å². The van der Waals surface area contributed by atoms with E-state index in [2.05, 4.69) is 36.0 Å². The SMILES string of the molecule is Cc1nc(COC(=O)c2cc(C3CC3)n(C(C)(C)C)n2)no1. The topological polar surface area (TPSA) is 83.0 Å². The molecule has 0 N–H and O–H groups in total. The molecule has 22 heavy (non-hydrogen) atoms. The number of nitrogens with zero attached hydrogens (tertiary/aromatic N) is 4. The van der Waals surface area contributed by atoms with E-state index in [0.717, 1.165) is 18.5 Å². The first-order chi connectivity index (χ1) is 10.3. The Kier molecular flexibility index (Phi) is 3.50. The maximum absolute atomic E-state index is 12.2. The van der Waals surface area contributed by atoms with E-state index in [-0.39, 0.29) is 12.1 Å². The van der Waals surface area contributed by atoms with E-state index >= 15 is 0 Å². The Morgan fingerprint density at radius 1 is 1.45 bits per heavy atom. The lowest BCUT2D eigenvalue weighted by molar-refractivity contribution is 0.0451. The summed E-state index contributed by atoms with van der Waals surface area (Å²) in [6.07, 6.45) is 2.30. The number of esters is 1. The first-order valence-electron chi connectivity index (χ1n) is 7.41. The zero-order valence-electron chi connectivity index (χ0n) is 13.3. The monoisotopic (exact) mass is 304 g/mol. The van der Waals surface area contributed by atoms with Gasteiger partial charge in [0.05, 0.1) is 5.54 Å². The Balaban J connectivity index is 1.75. The molecule has 0 unspecified atom stereocenters. The van der Waals surface area contributed by atoms with Gasteiger partial charge < -0.3 is 9.26 Å². The summed E-state index contributed by atoms with van der Waals surface area (Å²) in [5.74, 6) is 0.836. The molecular weight excluding hydrogens is 284 g/mol. The van der Waals surface area contributed by atoms with Gasteiger partial charge in [0.25, 0.3) is 0 Å². The number of ether oxygens (including phenoxy) is 1. The van der Waals surface area contributed by atoms with Crippen LogP contribution in [0.2, 0.25) is 0 Å². The Labute approximate surface area is 128 Å². The van der Waals surface area contributed by atoms with Crippen LogP contribution < -0.4 is 0 Å². The summed E-state index contributed by atoms with van der Waals surface area (Å²) in [6, 6.07) is 1.84. The molecule has 1 fully saturated rings. The Morgan fingerprint density at radius 3 is 2.73 bits per heavy atom. The van der Waals surface area contributed by atoms with Crippen molar-refractivity contribution >= 4 is 5.97 Å². The van der Waals surface area contributed by atoms with Crippen molar-refractivity contribution in [1.82, 2.24) is 19.9 Å². The second kappa shape index (κ2) is 5.23. The summed E-state index contributed by atoms with van der Waals surface area (Å²) in [5, 5.41) is 8.13. The van der Waals surface area contributed by atoms with Gasteiger partial charge in [-0.25, -0.2) is 4.79 Å². The van der Waals surface area contributed by atoms with Crippen molar-refractivity contribution in [2.75, 3.05) is 0 Å². The molecule has 1 saturated carbocycles. The van der Waals surface area contributed by atoms with Crippen LogP contribution in [0.1, 0.15) is 67.4 Å². The third kappa shape index (κ3) is 3.03. The van der Waals surface area contributed by atoms with Crippen LogP contribution in [0.4, 0.5) is 0 Å². The molecule has 2 heterocycles. The summed E-state index contributed by atoms with van der Waals surface area (Å²) < 4.78 is 12.0. The predicted octanol–water partition coefficient (Wildman–Crippen LogP) is 2.56. The fourth-order valence-corrected chi connectivity index (χ4v) is 2.31. The molecule has 0 saturated heterocycles. The molecule has 2 aromatic rings. The van der Waals surface area contributed by atoms with Crippen molar-refractivity contribution in [3.05, 3.63) is 29.2 Å². The Hall–Kier alpha value is -2.18. The van der Waals surface area contributed by atoms with Gasteiger partial charge in [0, 0.05) is 18.5 Å². The van der Waals surface area contributed by atoms with Crippen molar-refractivity contribution < 1.29 is 14.1 Å². The van der Waals surface area contributed by atoms with Crippen LogP contribution in [0.25, 0.3) is 0 Å². The largest absolute Gasteiger partial charge is 0.453 e. The van der Waals surface area contributed by atoms with E-state index in [1.165, 1.54) is 0 Å². The van der Waals surface area contributed by atoms with E-state index in [0.29, 0.717) is 23.3 Å². The van der Waals surface area contributed by atoms with E-state index in [1.54, 1.807) is 6.92 Å². The standard InChI is InChI=1S/C15H20N4O3/c1-9-16-13(18-22-9)8-21-14(20)11-7-12(10-5-6-10)19(17-11)15(2,3)4/h7,10H,5-6,8H2,1-4H3. The minimum Gasteiger partial charge on any atom is -0.453 e. The van der Waals surface area contributed by atoms with Gasteiger partial charge in [-0.3, -0.25) is 4.68 Å². The lowest BCUT2D eigenvalue weighted by atomic mass is 10.1. The van der Waals surface area contributed by atoms with Crippen LogP contribution in [0.15, 0.2) is 10.6 Å². The van der Waals surface area contributed by atoms with Crippen molar-refractivity contribution in [3.63, 3.8) is 0 Å². The molecule has 0 amide bonds. The van der Waals surface area contributed by atoms with Gasteiger partial charge in [-0.15, -0.1) is 0 Å². The third-order valence-electron chi connectivity index (χ3n) is 3.48. The lowest BCUT2D eigenvalue weighted by Crippen LogP contribution is -2.25. The molecule has 2 aromatic heterocycles. The fourth-order valence-electron chi connectivity index (χ4n) is 2.31. The maximum atomic E-state index is 12.2. The maximum Gasteiger partial charge on any atom is 0.359 e. The molecule has 0 aliphatic heterocycles. The molecule has 0 aromatic carbocycles. The molecule has 0 bridgehead atoms. The van der Waals surface area contributed by atoms with E-state index in [9.17, 15) is 4.79 Å². The number of carbonyl (C=O) groups is 1. The second-order valence-electron chi connectivity index (χ2n) is 6.62. The van der Waals surface area contributed by atoms with Crippen LogP contribution in [0.3, 0.4) is 0 Å². The molecule has 7 heteroatoms. The molecule has 7 nitrogen and oxygen atoms in total. The number of hydrogen-bond donors (Lipinski definition) is 0. The number of rotatable bonds is 4. The molecule has 118 valence electrons. The van der Waals surface area contributed by atoms with Crippen molar-refractivity contribution in [2.24, 2.45) is 0 Å². The van der Waals surface area contributed by atoms with Crippen LogP contribution in [0.5, 0.6) is 0 Å². The quantitative estimate of drug-likeness (QED) is 0.807. The highest BCUT2D eigenvalue weighted by atomic mass is 16.5. The Morgan fingerprint density at radius 2 is 2.18 bits per heavy atom. The van der Waals surface area contributed by atoms with Gasteiger partial charge in [0.15, 0.2) is 12.3 Å². The van der Waals surface area contributed by atoms with Gasteiger partial charge in [-0.2, -0.15) is 10.1 Å². The zero-order chi connectivity index (χ0) is 15.9. The number of carbonyl (C=O) groups excluding carboxylic acids is 1. The minimum atomic E-state index is -0.465. The van der Waals surface area contributed by atoms with Crippen LogP contribution in [-0.2, 0) is 16.9 Å². The first-order valence-corrected chi connectivity index (χ1v) is 7.41. The fraction of sp³-hybridized carbons (Fsp3) is 0.600. The van der Waals surface area contributed by atoms with Crippen LogP contribution >= 0.6 is 0 Å². The summed E-state index contributed by atoms with van der Waals surface area (Å²) in [7, 11) is 0. The molecule has 0 atom stereocenters. The smallest absolute Gasteiger partial charge is 0.359 e. The minimum absolute atomic E-state index is 0.0166. The molecule has 0 radical (unpaired) electrons. The van der Waals surface area contributed by atoms with Crippen molar-refractivity contribution in [1.29, 1.82) is 0 Å². The molecular formula is C15H20N4O3. The second-order valence-corrected chi connectivity index (χ2v) is 6.62. The third-order valence-corrected chi connectivity index (χ3v) is 3.48. The highest BCUT2D eigenvalue weighted by Crippen LogP contribution is 2.41. The average molecular weight is 304 g/mol. The molecule has 1 aliphatic rings. The average Bonchev–Trinajstić information content (AvgIpc) is 3.03. The van der Waals surface area contributed by atoms with E-state index in [1.807, 2.05) is 10.7 Å².